The van der Waals surface area contributed by atoms with Crippen molar-refractivity contribution >= 4 is 28.3 Å². The fraction of sp³-hybridized carbons (Fsp3) is 0.333. The maximum Gasteiger partial charge on any atom is 0.225 e. The molecule has 0 radical (unpaired) electrons. The Morgan fingerprint density at radius 2 is 1.80 bits per heavy atom. The quantitative estimate of drug-likeness (QED) is 0.869. The molecule has 0 saturated carbocycles. The molecule has 102 valence electrons. The van der Waals surface area contributed by atoms with E-state index in [1.807, 2.05) is 0 Å². The average Bonchev–Trinajstić information content (AvgIpc) is 2.89. The molecule has 20 heavy (non-hydrogen) atoms. The van der Waals surface area contributed by atoms with Crippen LogP contribution in [0.1, 0.15) is 5.56 Å². The number of hydrogen-bond acceptors (Lipinski definition) is 8. The summed E-state index contributed by atoms with van der Waals surface area (Å²) in [7, 11) is 0. The van der Waals surface area contributed by atoms with Gasteiger partial charge in [-0.2, -0.15) is 9.64 Å². The predicted molar refractivity (Wildman–Crippen MR) is 77.7 cm³/mol. The summed E-state index contributed by atoms with van der Waals surface area (Å²) < 4.78 is 4.06. The van der Waals surface area contributed by atoms with E-state index in [1.54, 1.807) is 18.5 Å². The van der Waals surface area contributed by atoms with E-state index in [0.29, 0.717) is 11.4 Å². The standard InChI is InChI=1S/C12H13N7S/c13-8-9-10(14)17-20-11(9)18-4-6-19(7-5-18)12-15-2-1-3-16-12/h1-3H,4-7H2,(H2,14,17). The van der Waals surface area contributed by atoms with Crippen molar-refractivity contribution in [1.82, 2.24) is 14.3 Å². The van der Waals surface area contributed by atoms with Crippen molar-refractivity contribution in [3.05, 3.63) is 24.0 Å². The summed E-state index contributed by atoms with van der Waals surface area (Å²) in [6.45, 7) is 3.22. The fourth-order valence-corrected chi connectivity index (χ4v) is 2.99. The Labute approximate surface area is 120 Å². The van der Waals surface area contributed by atoms with E-state index in [4.69, 9.17) is 11.0 Å². The lowest BCUT2D eigenvalue weighted by Gasteiger charge is -2.35. The molecule has 7 nitrogen and oxygen atoms in total. The summed E-state index contributed by atoms with van der Waals surface area (Å²) in [6.07, 6.45) is 3.48. The van der Waals surface area contributed by atoms with E-state index in [0.717, 1.165) is 37.1 Å². The Kier molecular flexibility index (Phi) is 3.35. The van der Waals surface area contributed by atoms with Gasteiger partial charge in [-0.25, -0.2) is 9.97 Å². The van der Waals surface area contributed by atoms with Gasteiger partial charge in [0.2, 0.25) is 5.95 Å². The van der Waals surface area contributed by atoms with Gasteiger partial charge < -0.3 is 15.5 Å². The van der Waals surface area contributed by atoms with Crippen molar-refractivity contribution in [2.24, 2.45) is 0 Å². The first kappa shape index (κ1) is 12.6. The van der Waals surface area contributed by atoms with Crippen molar-refractivity contribution in [1.29, 1.82) is 5.26 Å². The van der Waals surface area contributed by atoms with E-state index in [1.165, 1.54) is 11.5 Å². The molecule has 1 aliphatic heterocycles. The third kappa shape index (κ3) is 2.23. The molecule has 0 amide bonds. The summed E-state index contributed by atoms with van der Waals surface area (Å²) in [5, 5.41) is 9.99. The predicted octanol–water partition coefficient (Wildman–Crippen LogP) is 0.714. The first-order chi connectivity index (χ1) is 9.79. The summed E-state index contributed by atoms with van der Waals surface area (Å²) >= 11 is 1.28. The third-order valence-corrected chi connectivity index (χ3v) is 4.14. The Morgan fingerprint density at radius 3 is 2.45 bits per heavy atom. The number of piperazine rings is 1. The van der Waals surface area contributed by atoms with Crippen LogP contribution < -0.4 is 15.5 Å². The van der Waals surface area contributed by atoms with E-state index in [2.05, 4.69) is 30.2 Å². The van der Waals surface area contributed by atoms with Crippen molar-refractivity contribution < 1.29 is 0 Å². The zero-order valence-corrected chi connectivity index (χ0v) is 11.5. The van der Waals surface area contributed by atoms with E-state index in [-0.39, 0.29) is 0 Å². The minimum Gasteiger partial charge on any atom is -0.382 e. The van der Waals surface area contributed by atoms with Crippen molar-refractivity contribution in [2.75, 3.05) is 41.7 Å². The molecule has 1 fully saturated rings. The Morgan fingerprint density at radius 1 is 1.15 bits per heavy atom. The highest BCUT2D eigenvalue weighted by Crippen LogP contribution is 2.30. The number of aromatic nitrogens is 3. The molecule has 3 heterocycles. The maximum atomic E-state index is 9.13. The number of nitrogens with zero attached hydrogens (tertiary/aromatic N) is 6. The normalized spacial score (nSPS) is 15.2. The average molecular weight is 287 g/mol. The van der Waals surface area contributed by atoms with Gasteiger partial charge in [0.05, 0.1) is 0 Å². The van der Waals surface area contributed by atoms with Gasteiger partial charge in [-0.3, -0.25) is 0 Å². The van der Waals surface area contributed by atoms with Gasteiger partial charge in [-0.1, -0.05) is 0 Å². The van der Waals surface area contributed by atoms with Crippen LogP contribution >= 0.6 is 11.5 Å². The molecular formula is C12H13N7S. The number of nitriles is 1. The van der Waals surface area contributed by atoms with Crippen molar-refractivity contribution in [2.45, 2.75) is 0 Å². The van der Waals surface area contributed by atoms with Crippen LogP contribution in [-0.2, 0) is 0 Å². The third-order valence-electron chi connectivity index (χ3n) is 3.21. The Bertz CT molecular complexity index is 625. The van der Waals surface area contributed by atoms with Gasteiger partial charge in [0.15, 0.2) is 5.82 Å². The number of anilines is 3. The zero-order chi connectivity index (χ0) is 13.9. The summed E-state index contributed by atoms with van der Waals surface area (Å²) in [5.74, 6) is 1.07. The Hall–Kier alpha value is -2.40. The first-order valence-corrected chi connectivity index (χ1v) is 6.99. The summed E-state index contributed by atoms with van der Waals surface area (Å²) in [4.78, 5) is 12.8. The molecule has 0 bridgehead atoms. The Balaban J connectivity index is 1.71. The molecule has 3 rings (SSSR count). The van der Waals surface area contributed by atoms with Crippen LogP contribution in [0, 0.1) is 11.3 Å². The maximum absolute atomic E-state index is 9.13. The number of nitrogens with two attached hydrogens (primary N) is 1. The van der Waals surface area contributed by atoms with Gasteiger partial charge in [-0.15, -0.1) is 0 Å². The van der Waals surface area contributed by atoms with Gasteiger partial charge >= 0.3 is 0 Å². The highest BCUT2D eigenvalue weighted by atomic mass is 32.1. The second kappa shape index (κ2) is 5.30. The zero-order valence-electron chi connectivity index (χ0n) is 10.7. The monoisotopic (exact) mass is 287 g/mol. The molecular weight excluding hydrogens is 274 g/mol. The molecule has 0 aliphatic carbocycles. The summed E-state index contributed by atoms with van der Waals surface area (Å²) in [5.41, 5.74) is 6.18. The smallest absolute Gasteiger partial charge is 0.225 e. The van der Waals surface area contributed by atoms with E-state index in [9.17, 15) is 0 Å². The first-order valence-electron chi connectivity index (χ1n) is 6.21. The van der Waals surface area contributed by atoms with Gasteiger partial charge in [0.1, 0.15) is 16.6 Å². The van der Waals surface area contributed by atoms with Crippen LogP contribution in [0.15, 0.2) is 18.5 Å². The van der Waals surface area contributed by atoms with Gasteiger partial charge in [-0.05, 0) is 17.6 Å². The number of rotatable bonds is 2. The molecule has 2 aromatic heterocycles. The molecule has 0 aromatic carbocycles. The minimum absolute atomic E-state index is 0.321. The van der Waals surface area contributed by atoms with Crippen LogP contribution in [0.5, 0.6) is 0 Å². The molecule has 1 saturated heterocycles. The van der Waals surface area contributed by atoms with E-state index < -0.39 is 0 Å². The summed E-state index contributed by atoms with van der Waals surface area (Å²) in [6, 6.07) is 3.93. The van der Waals surface area contributed by atoms with Crippen LogP contribution in [0.2, 0.25) is 0 Å². The molecule has 1 aliphatic rings. The molecule has 0 unspecified atom stereocenters. The van der Waals surface area contributed by atoms with Crippen LogP contribution in [0.25, 0.3) is 0 Å². The lowest BCUT2D eigenvalue weighted by molar-refractivity contribution is 0.643. The number of hydrogen-bond donors (Lipinski definition) is 1. The number of nitrogen functional groups attached to an aromatic ring is 1. The van der Waals surface area contributed by atoms with Crippen LogP contribution in [0.3, 0.4) is 0 Å². The van der Waals surface area contributed by atoms with Crippen molar-refractivity contribution in [3.8, 4) is 6.07 Å². The van der Waals surface area contributed by atoms with Crippen molar-refractivity contribution in [3.63, 3.8) is 0 Å². The molecule has 8 heteroatoms. The SMILES string of the molecule is N#Cc1c(N)nsc1N1CCN(c2ncccn2)CC1. The molecule has 0 atom stereocenters. The molecule has 0 spiro atoms. The lowest BCUT2D eigenvalue weighted by atomic mass is 10.3. The molecule has 2 aromatic rings. The highest BCUT2D eigenvalue weighted by molar-refractivity contribution is 7.10. The lowest BCUT2D eigenvalue weighted by Crippen LogP contribution is -2.47. The second-order valence-electron chi connectivity index (χ2n) is 4.38. The van der Waals surface area contributed by atoms with Gasteiger partial charge in [0.25, 0.3) is 0 Å². The van der Waals surface area contributed by atoms with E-state index >= 15 is 0 Å². The fourth-order valence-electron chi connectivity index (χ4n) is 2.18. The van der Waals surface area contributed by atoms with Crippen LogP contribution in [0.4, 0.5) is 16.8 Å². The topological polar surface area (TPSA) is 95.0 Å². The van der Waals surface area contributed by atoms with Crippen LogP contribution in [-0.4, -0.2) is 40.5 Å². The molecule has 2 N–H and O–H groups in total. The largest absolute Gasteiger partial charge is 0.382 e. The van der Waals surface area contributed by atoms with Gasteiger partial charge in [0, 0.05) is 38.6 Å². The highest BCUT2D eigenvalue weighted by Gasteiger charge is 2.23. The minimum atomic E-state index is 0.321. The second-order valence-corrected chi connectivity index (χ2v) is 5.13.